The number of carbonyl (C=O) groups is 1. The summed E-state index contributed by atoms with van der Waals surface area (Å²) in [6.45, 7) is 6.38. The van der Waals surface area contributed by atoms with E-state index < -0.39 is 0 Å². The first kappa shape index (κ1) is 20.1. The quantitative estimate of drug-likeness (QED) is 0.709. The van der Waals surface area contributed by atoms with Crippen molar-refractivity contribution in [3.05, 3.63) is 70.0 Å². The topological polar surface area (TPSA) is 67.2 Å². The molecule has 3 aromatic rings. The number of piperidine rings is 1. The maximum absolute atomic E-state index is 13.1. The van der Waals surface area contributed by atoms with Gasteiger partial charge in [-0.05, 0) is 44.4 Å². The lowest BCUT2D eigenvalue weighted by molar-refractivity contribution is -0.125. The van der Waals surface area contributed by atoms with Crippen LogP contribution in [0.15, 0.2) is 53.3 Å². The fraction of sp³-hybridized carbons (Fsp3) is 0.375. The fourth-order valence-corrected chi connectivity index (χ4v) is 4.12. The van der Waals surface area contributed by atoms with Crippen LogP contribution in [0.25, 0.3) is 11.0 Å². The Labute approximate surface area is 176 Å². The number of fused-ring (bicyclic) bond motifs is 1. The minimum absolute atomic E-state index is 0.0388. The number of benzene rings is 2. The van der Waals surface area contributed by atoms with Crippen molar-refractivity contribution in [1.82, 2.24) is 14.9 Å². The van der Waals surface area contributed by atoms with Gasteiger partial charge in [0.2, 0.25) is 5.91 Å². The molecule has 1 aliphatic heterocycles. The van der Waals surface area contributed by atoms with Crippen LogP contribution in [-0.2, 0) is 17.9 Å². The van der Waals surface area contributed by atoms with E-state index >= 15 is 0 Å². The van der Waals surface area contributed by atoms with Gasteiger partial charge in [0.05, 0.1) is 17.0 Å². The van der Waals surface area contributed by atoms with E-state index in [1.54, 1.807) is 4.57 Å². The summed E-state index contributed by atoms with van der Waals surface area (Å²) in [5.74, 6) is 0.343. The van der Waals surface area contributed by atoms with Gasteiger partial charge in [-0.3, -0.25) is 9.59 Å². The summed E-state index contributed by atoms with van der Waals surface area (Å²) in [5.41, 5.74) is 3.85. The summed E-state index contributed by atoms with van der Waals surface area (Å²) in [6.07, 6.45) is 1.69. The van der Waals surface area contributed by atoms with Crippen molar-refractivity contribution in [3.63, 3.8) is 0 Å². The number of aromatic nitrogens is 2. The summed E-state index contributed by atoms with van der Waals surface area (Å²) in [6, 6.07) is 15.9. The molecule has 0 bridgehead atoms. The Kier molecular flexibility index (Phi) is 5.84. The third-order valence-corrected chi connectivity index (χ3v) is 5.83. The van der Waals surface area contributed by atoms with Gasteiger partial charge in [-0.15, -0.1) is 0 Å². The van der Waals surface area contributed by atoms with Gasteiger partial charge in [0.25, 0.3) is 5.56 Å². The number of carbonyl (C=O) groups excluding carboxylic acids is 1. The lowest BCUT2D eigenvalue weighted by Gasteiger charge is -2.32. The molecular formula is C24H28N4O2. The molecule has 2 aromatic carbocycles. The Morgan fingerprint density at radius 2 is 1.93 bits per heavy atom. The maximum Gasteiger partial charge on any atom is 0.293 e. The first-order valence-electron chi connectivity index (χ1n) is 10.6. The summed E-state index contributed by atoms with van der Waals surface area (Å²) >= 11 is 0. The molecule has 4 rings (SSSR count). The van der Waals surface area contributed by atoms with Crippen molar-refractivity contribution in [2.75, 3.05) is 18.0 Å². The smallest absolute Gasteiger partial charge is 0.293 e. The van der Waals surface area contributed by atoms with E-state index in [0.29, 0.717) is 25.5 Å². The first-order chi connectivity index (χ1) is 14.6. The van der Waals surface area contributed by atoms with Gasteiger partial charge in [0, 0.05) is 26.2 Å². The zero-order valence-electron chi connectivity index (χ0n) is 17.6. The average Bonchev–Trinajstić information content (AvgIpc) is 2.78. The number of nitrogens with zero attached hydrogens (tertiary/aromatic N) is 3. The van der Waals surface area contributed by atoms with Crippen LogP contribution in [0.4, 0.5) is 5.82 Å². The third-order valence-electron chi connectivity index (χ3n) is 5.83. The van der Waals surface area contributed by atoms with Crippen LogP contribution in [0, 0.1) is 12.8 Å². The molecule has 1 saturated heterocycles. The maximum atomic E-state index is 13.1. The number of rotatable bonds is 5. The van der Waals surface area contributed by atoms with Gasteiger partial charge in [-0.25, -0.2) is 4.98 Å². The van der Waals surface area contributed by atoms with E-state index in [-0.39, 0.29) is 17.4 Å². The van der Waals surface area contributed by atoms with Gasteiger partial charge < -0.3 is 14.8 Å². The Balaban J connectivity index is 1.51. The highest BCUT2D eigenvalue weighted by atomic mass is 16.2. The number of aryl methyl sites for hydroxylation is 2. The number of nitrogens with one attached hydrogen (secondary N) is 1. The Morgan fingerprint density at radius 1 is 1.17 bits per heavy atom. The Bertz CT molecular complexity index is 1100. The molecular weight excluding hydrogens is 376 g/mol. The van der Waals surface area contributed by atoms with Crippen LogP contribution < -0.4 is 15.8 Å². The van der Waals surface area contributed by atoms with Crippen LogP contribution in [-0.4, -0.2) is 28.5 Å². The van der Waals surface area contributed by atoms with Crippen LogP contribution in [0.1, 0.15) is 30.9 Å². The van der Waals surface area contributed by atoms with Crippen molar-refractivity contribution in [2.24, 2.45) is 5.92 Å². The number of para-hydroxylation sites is 2. The lowest BCUT2D eigenvalue weighted by Crippen LogP contribution is -2.45. The molecule has 30 heavy (non-hydrogen) atoms. The molecule has 1 fully saturated rings. The Morgan fingerprint density at radius 3 is 2.70 bits per heavy atom. The predicted octanol–water partition coefficient (Wildman–Crippen LogP) is 3.26. The van der Waals surface area contributed by atoms with Gasteiger partial charge in [-0.1, -0.05) is 42.0 Å². The number of hydrogen-bond acceptors (Lipinski definition) is 4. The number of hydrogen-bond donors (Lipinski definition) is 1. The van der Waals surface area contributed by atoms with Crippen LogP contribution in [0.5, 0.6) is 0 Å². The highest BCUT2D eigenvalue weighted by molar-refractivity contribution is 5.80. The highest BCUT2D eigenvalue weighted by Gasteiger charge is 2.28. The summed E-state index contributed by atoms with van der Waals surface area (Å²) in [5, 5.41) is 3.06. The molecule has 2 heterocycles. The molecule has 0 aliphatic carbocycles. The molecule has 0 unspecified atom stereocenters. The van der Waals surface area contributed by atoms with Crippen molar-refractivity contribution in [1.29, 1.82) is 0 Å². The van der Waals surface area contributed by atoms with Crippen molar-refractivity contribution < 1.29 is 4.79 Å². The second kappa shape index (κ2) is 8.69. The molecule has 0 saturated carbocycles. The zero-order chi connectivity index (χ0) is 21.1. The van der Waals surface area contributed by atoms with E-state index in [4.69, 9.17) is 0 Å². The summed E-state index contributed by atoms with van der Waals surface area (Å²) in [4.78, 5) is 32.5. The van der Waals surface area contributed by atoms with Crippen molar-refractivity contribution >= 4 is 22.8 Å². The minimum atomic E-state index is -0.146. The monoisotopic (exact) mass is 404 g/mol. The van der Waals surface area contributed by atoms with Gasteiger partial charge in [0.15, 0.2) is 5.82 Å². The van der Waals surface area contributed by atoms with E-state index in [1.165, 1.54) is 5.56 Å². The average molecular weight is 405 g/mol. The molecule has 1 aromatic heterocycles. The summed E-state index contributed by atoms with van der Waals surface area (Å²) in [7, 11) is 0. The highest BCUT2D eigenvalue weighted by Crippen LogP contribution is 2.22. The van der Waals surface area contributed by atoms with Crippen LogP contribution in [0.2, 0.25) is 0 Å². The molecule has 1 atom stereocenters. The second-order valence-electron chi connectivity index (χ2n) is 7.96. The predicted molar refractivity (Wildman–Crippen MR) is 120 cm³/mol. The molecule has 6 nitrogen and oxygen atoms in total. The SMILES string of the molecule is CCn1c(=O)c(N2CCC[C@H](C(=O)NCc3ccc(C)cc3)C2)nc2ccccc21. The largest absolute Gasteiger partial charge is 0.352 e. The minimum Gasteiger partial charge on any atom is -0.352 e. The molecule has 1 N–H and O–H groups in total. The fourth-order valence-electron chi connectivity index (χ4n) is 4.12. The summed E-state index contributed by atoms with van der Waals surface area (Å²) < 4.78 is 1.76. The Hall–Kier alpha value is -3.15. The molecule has 0 radical (unpaired) electrons. The molecule has 1 aliphatic rings. The van der Waals surface area contributed by atoms with Gasteiger partial charge >= 0.3 is 0 Å². The molecule has 1 amide bonds. The van der Waals surface area contributed by atoms with E-state index in [9.17, 15) is 9.59 Å². The normalized spacial score (nSPS) is 16.6. The second-order valence-corrected chi connectivity index (χ2v) is 7.96. The lowest BCUT2D eigenvalue weighted by atomic mass is 9.97. The number of amides is 1. The van der Waals surface area contributed by atoms with Gasteiger partial charge in [-0.2, -0.15) is 0 Å². The van der Waals surface area contributed by atoms with E-state index in [2.05, 4.69) is 10.3 Å². The number of anilines is 1. The zero-order valence-corrected chi connectivity index (χ0v) is 17.6. The van der Waals surface area contributed by atoms with E-state index in [0.717, 1.165) is 36.0 Å². The third kappa shape index (κ3) is 4.08. The van der Waals surface area contributed by atoms with E-state index in [1.807, 2.05) is 67.3 Å². The first-order valence-corrected chi connectivity index (χ1v) is 10.6. The van der Waals surface area contributed by atoms with Gasteiger partial charge in [0.1, 0.15) is 0 Å². The molecule has 6 heteroatoms. The standard InChI is InChI=1S/C24H28N4O2/c1-3-28-21-9-5-4-8-20(21)26-22(24(28)30)27-14-6-7-19(16-27)23(29)25-15-18-12-10-17(2)11-13-18/h4-5,8-13,19H,3,6-7,14-16H2,1-2H3,(H,25,29)/t19-/m0/s1. The molecule has 156 valence electrons. The molecule has 0 spiro atoms. The van der Waals surface area contributed by atoms with Crippen molar-refractivity contribution in [2.45, 2.75) is 39.8 Å². The van der Waals surface area contributed by atoms with Crippen molar-refractivity contribution in [3.8, 4) is 0 Å². The van der Waals surface area contributed by atoms with Crippen LogP contribution in [0.3, 0.4) is 0 Å². The van der Waals surface area contributed by atoms with Crippen LogP contribution >= 0.6 is 0 Å².